The van der Waals surface area contributed by atoms with E-state index in [1.165, 1.54) is 6.07 Å². The van der Waals surface area contributed by atoms with Crippen molar-refractivity contribution < 1.29 is 4.39 Å². The standard InChI is InChI=1S/C19H21BrFN5/c20-15-9-24-19-17(18(15)26-6-2-5-14(22)11-26)16(10-25-19)23-8-12-3-1-4-13(21)7-12/h1,3-4,7,9-10,14,23H,2,5-6,8,11,22H2,(H,24,25)/t14-/m1/s1. The summed E-state index contributed by atoms with van der Waals surface area (Å²) in [5, 5.41) is 4.44. The van der Waals surface area contributed by atoms with Gasteiger partial charge in [0.2, 0.25) is 0 Å². The molecule has 0 spiro atoms. The van der Waals surface area contributed by atoms with E-state index in [0.717, 1.165) is 58.4 Å². The maximum absolute atomic E-state index is 13.4. The molecule has 4 N–H and O–H groups in total. The molecule has 1 fully saturated rings. The van der Waals surface area contributed by atoms with Crippen molar-refractivity contribution in [2.45, 2.75) is 25.4 Å². The monoisotopic (exact) mass is 417 g/mol. The summed E-state index contributed by atoms with van der Waals surface area (Å²) < 4.78 is 14.4. The van der Waals surface area contributed by atoms with Gasteiger partial charge in [-0.15, -0.1) is 0 Å². The fourth-order valence-corrected chi connectivity index (χ4v) is 4.11. The van der Waals surface area contributed by atoms with Gasteiger partial charge in [0.25, 0.3) is 0 Å². The van der Waals surface area contributed by atoms with Crippen LogP contribution in [0.25, 0.3) is 11.0 Å². The Bertz CT molecular complexity index is 925. The fraction of sp³-hybridized carbons (Fsp3) is 0.316. The van der Waals surface area contributed by atoms with Gasteiger partial charge in [-0.3, -0.25) is 0 Å². The van der Waals surface area contributed by atoms with Crippen LogP contribution < -0.4 is 16.0 Å². The molecule has 3 aromatic rings. The number of aromatic nitrogens is 2. The second kappa shape index (κ2) is 7.25. The predicted molar refractivity (Wildman–Crippen MR) is 107 cm³/mol. The van der Waals surface area contributed by atoms with Crippen LogP contribution in [0.1, 0.15) is 18.4 Å². The van der Waals surface area contributed by atoms with Crippen LogP contribution in [0.5, 0.6) is 0 Å². The van der Waals surface area contributed by atoms with Crippen molar-refractivity contribution in [1.29, 1.82) is 0 Å². The summed E-state index contributed by atoms with van der Waals surface area (Å²) in [6, 6.07) is 6.81. The number of hydrogen-bond donors (Lipinski definition) is 3. The van der Waals surface area contributed by atoms with Gasteiger partial charge < -0.3 is 20.9 Å². The van der Waals surface area contributed by atoms with Gasteiger partial charge in [0, 0.05) is 38.1 Å². The Morgan fingerprint density at radius 2 is 2.31 bits per heavy atom. The SMILES string of the molecule is N[C@@H]1CCCN(c2c(Br)cnc3[nH]cc(NCc4cccc(F)c4)c23)C1. The maximum Gasteiger partial charge on any atom is 0.141 e. The lowest BCUT2D eigenvalue weighted by Gasteiger charge is -2.33. The van der Waals surface area contributed by atoms with E-state index in [-0.39, 0.29) is 11.9 Å². The summed E-state index contributed by atoms with van der Waals surface area (Å²) in [5.74, 6) is -0.226. The first-order valence-electron chi connectivity index (χ1n) is 8.76. The van der Waals surface area contributed by atoms with Gasteiger partial charge in [-0.1, -0.05) is 12.1 Å². The van der Waals surface area contributed by atoms with Crippen LogP contribution in [-0.2, 0) is 6.54 Å². The van der Waals surface area contributed by atoms with Crippen molar-refractivity contribution in [1.82, 2.24) is 9.97 Å². The molecule has 1 aliphatic heterocycles. The third-order valence-corrected chi connectivity index (χ3v) is 5.36. The molecule has 0 aliphatic carbocycles. The van der Waals surface area contributed by atoms with Gasteiger partial charge in [0.15, 0.2) is 0 Å². The van der Waals surface area contributed by atoms with Crippen LogP contribution >= 0.6 is 15.9 Å². The molecule has 1 aliphatic rings. The van der Waals surface area contributed by atoms with E-state index >= 15 is 0 Å². The molecule has 136 valence electrons. The highest BCUT2D eigenvalue weighted by Crippen LogP contribution is 2.38. The van der Waals surface area contributed by atoms with E-state index in [4.69, 9.17) is 5.73 Å². The number of fused-ring (bicyclic) bond motifs is 1. The van der Waals surface area contributed by atoms with Crippen molar-refractivity contribution in [2.75, 3.05) is 23.3 Å². The second-order valence-corrected chi connectivity index (χ2v) is 7.57. The number of rotatable bonds is 4. The zero-order valence-electron chi connectivity index (χ0n) is 14.3. The van der Waals surface area contributed by atoms with Gasteiger partial charge in [-0.05, 0) is 46.5 Å². The summed E-state index contributed by atoms with van der Waals surface area (Å²) in [6.45, 7) is 2.34. The first kappa shape index (κ1) is 17.3. The van der Waals surface area contributed by atoms with Gasteiger partial charge in [0.1, 0.15) is 11.5 Å². The number of nitrogens with zero attached hydrogens (tertiary/aromatic N) is 2. The molecular weight excluding hydrogens is 397 g/mol. The largest absolute Gasteiger partial charge is 0.379 e. The Kier molecular flexibility index (Phi) is 4.82. The predicted octanol–water partition coefficient (Wildman–Crippen LogP) is 4.00. The zero-order chi connectivity index (χ0) is 18.1. The molecule has 7 heteroatoms. The molecule has 0 bridgehead atoms. The van der Waals surface area contributed by atoms with E-state index < -0.39 is 0 Å². The Morgan fingerprint density at radius 3 is 3.12 bits per heavy atom. The van der Waals surface area contributed by atoms with E-state index in [1.807, 2.05) is 18.5 Å². The number of halogens is 2. The number of nitrogens with two attached hydrogens (primary N) is 1. The average Bonchev–Trinajstić information content (AvgIpc) is 3.03. The zero-order valence-corrected chi connectivity index (χ0v) is 15.9. The lowest BCUT2D eigenvalue weighted by molar-refractivity contribution is 0.506. The summed E-state index contributed by atoms with van der Waals surface area (Å²) in [4.78, 5) is 10.0. The number of piperidine rings is 1. The molecule has 5 nitrogen and oxygen atoms in total. The lowest BCUT2D eigenvalue weighted by atomic mass is 10.1. The highest BCUT2D eigenvalue weighted by Gasteiger charge is 2.23. The minimum Gasteiger partial charge on any atom is -0.379 e. The Hall–Kier alpha value is -2.12. The smallest absolute Gasteiger partial charge is 0.141 e. The molecule has 1 atom stereocenters. The number of nitrogens with one attached hydrogen (secondary N) is 2. The van der Waals surface area contributed by atoms with Gasteiger partial charge >= 0.3 is 0 Å². The minimum atomic E-state index is -0.226. The summed E-state index contributed by atoms with van der Waals surface area (Å²) >= 11 is 3.66. The number of pyridine rings is 1. The average molecular weight is 418 g/mol. The number of hydrogen-bond acceptors (Lipinski definition) is 4. The van der Waals surface area contributed by atoms with Crippen molar-refractivity contribution in [3.05, 3.63) is 52.5 Å². The van der Waals surface area contributed by atoms with Crippen LogP contribution in [0.4, 0.5) is 15.8 Å². The molecule has 0 radical (unpaired) electrons. The highest BCUT2D eigenvalue weighted by atomic mass is 79.9. The minimum absolute atomic E-state index is 0.182. The summed E-state index contributed by atoms with van der Waals surface area (Å²) in [5.41, 5.74) is 9.96. The molecule has 1 saturated heterocycles. The Balaban J connectivity index is 1.68. The van der Waals surface area contributed by atoms with Crippen LogP contribution in [0.15, 0.2) is 41.1 Å². The van der Waals surface area contributed by atoms with Crippen LogP contribution in [0.2, 0.25) is 0 Å². The molecule has 1 aromatic carbocycles. The van der Waals surface area contributed by atoms with E-state index in [9.17, 15) is 4.39 Å². The summed E-state index contributed by atoms with van der Waals surface area (Å²) in [7, 11) is 0. The van der Waals surface area contributed by atoms with Crippen LogP contribution in [0.3, 0.4) is 0 Å². The highest BCUT2D eigenvalue weighted by molar-refractivity contribution is 9.10. The molecular formula is C19H21BrFN5. The van der Waals surface area contributed by atoms with Crippen LogP contribution in [0, 0.1) is 5.82 Å². The molecule has 0 saturated carbocycles. The molecule has 4 rings (SSSR count). The molecule has 0 amide bonds. The number of benzene rings is 1. The Labute approximate surface area is 159 Å². The number of H-pyrrole nitrogens is 1. The normalized spacial score (nSPS) is 17.7. The van der Waals surface area contributed by atoms with E-state index in [2.05, 4.69) is 36.1 Å². The van der Waals surface area contributed by atoms with Crippen molar-refractivity contribution in [3.8, 4) is 0 Å². The van der Waals surface area contributed by atoms with Crippen molar-refractivity contribution >= 4 is 38.3 Å². The fourth-order valence-electron chi connectivity index (χ4n) is 3.56. The Morgan fingerprint density at radius 1 is 1.42 bits per heavy atom. The van der Waals surface area contributed by atoms with Gasteiger partial charge in [-0.2, -0.15) is 0 Å². The van der Waals surface area contributed by atoms with Crippen molar-refractivity contribution in [3.63, 3.8) is 0 Å². The number of aromatic amines is 1. The first-order chi connectivity index (χ1) is 12.6. The van der Waals surface area contributed by atoms with Gasteiger partial charge in [0.05, 0.1) is 21.2 Å². The summed E-state index contributed by atoms with van der Waals surface area (Å²) in [6.07, 6.45) is 5.87. The number of anilines is 2. The lowest BCUT2D eigenvalue weighted by Crippen LogP contribution is -2.43. The molecule has 2 aromatic heterocycles. The third-order valence-electron chi connectivity index (χ3n) is 4.78. The third kappa shape index (κ3) is 3.41. The van der Waals surface area contributed by atoms with Crippen molar-refractivity contribution in [2.24, 2.45) is 5.73 Å². The van der Waals surface area contributed by atoms with E-state index in [0.29, 0.717) is 6.54 Å². The van der Waals surface area contributed by atoms with E-state index in [1.54, 1.807) is 12.1 Å². The topological polar surface area (TPSA) is 70.0 Å². The molecule has 0 unspecified atom stereocenters. The molecule has 3 heterocycles. The molecule has 26 heavy (non-hydrogen) atoms. The van der Waals surface area contributed by atoms with Gasteiger partial charge in [-0.25, -0.2) is 9.37 Å². The van der Waals surface area contributed by atoms with Crippen LogP contribution in [-0.4, -0.2) is 29.1 Å². The second-order valence-electron chi connectivity index (χ2n) is 6.71. The quantitative estimate of drug-likeness (QED) is 0.599. The maximum atomic E-state index is 13.4. The first-order valence-corrected chi connectivity index (χ1v) is 9.55.